The van der Waals surface area contributed by atoms with Gasteiger partial charge in [-0.15, -0.1) is 35.3 Å². The van der Waals surface area contributed by atoms with Crippen LogP contribution >= 0.6 is 35.3 Å². The number of aryl methyl sites for hydroxylation is 1. The summed E-state index contributed by atoms with van der Waals surface area (Å²) in [4.78, 5) is 10.9. The topological polar surface area (TPSA) is 59.0 Å². The first kappa shape index (κ1) is 22.5. The van der Waals surface area contributed by atoms with Crippen LogP contribution in [0.2, 0.25) is 0 Å². The van der Waals surface area contributed by atoms with E-state index in [4.69, 9.17) is 9.47 Å². The summed E-state index contributed by atoms with van der Waals surface area (Å²) in [5, 5.41) is 6.55. The van der Waals surface area contributed by atoms with Gasteiger partial charge in [-0.2, -0.15) is 0 Å². The van der Waals surface area contributed by atoms with Crippen LogP contribution in [-0.2, 0) is 13.0 Å². The Morgan fingerprint density at radius 2 is 2.08 bits per heavy atom. The Bertz CT molecular complexity index is 721. The zero-order valence-electron chi connectivity index (χ0n) is 15.9. The Morgan fingerprint density at radius 1 is 1.31 bits per heavy atom. The number of aromatic nitrogens is 1. The molecule has 0 fully saturated rings. The second-order valence-corrected chi connectivity index (χ2v) is 6.68. The molecular weight excluding hydrogens is 463 g/mol. The Labute approximate surface area is 176 Å². The third-order valence-electron chi connectivity index (χ3n) is 3.80. The number of nitrogens with one attached hydrogen (secondary N) is 1. The zero-order chi connectivity index (χ0) is 18.2. The summed E-state index contributed by atoms with van der Waals surface area (Å²) >= 11 is 1.66. The maximum Gasteiger partial charge on any atom is 0.193 e. The monoisotopic (exact) mass is 490 g/mol. The predicted molar refractivity (Wildman–Crippen MR) is 118 cm³/mol. The van der Waals surface area contributed by atoms with Gasteiger partial charge >= 0.3 is 0 Å². The molecule has 1 aromatic carbocycles. The molecule has 6 nitrogen and oxygen atoms in total. The Kier molecular flexibility index (Phi) is 9.71. The normalized spacial score (nSPS) is 10.9. The van der Waals surface area contributed by atoms with Crippen molar-refractivity contribution in [3.63, 3.8) is 0 Å². The molecule has 0 amide bonds. The molecule has 0 spiro atoms. The van der Waals surface area contributed by atoms with E-state index in [1.165, 1.54) is 0 Å². The van der Waals surface area contributed by atoms with Gasteiger partial charge in [0, 0.05) is 26.0 Å². The van der Waals surface area contributed by atoms with Crippen molar-refractivity contribution in [3.8, 4) is 11.5 Å². The van der Waals surface area contributed by atoms with Gasteiger partial charge in [-0.05, 0) is 37.1 Å². The molecule has 0 unspecified atom stereocenters. The first-order chi connectivity index (χ1) is 12.1. The highest BCUT2D eigenvalue weighted by Gasteiger charge is 2.10. The van der Waals surface area contributed by atoms with E-state index < -0.39 is 0 Å². The van der Waals surface area contributed by atoms with Crippen molar-refractivity contribution in [1.82, 2.24) is 15.2 Å². The molecule has 0 aliphatic carbocycles. The number of hydrogen-bond acceptors (Lipinski definition) is 5. The van der Waals surface area contributed by atoms with Crippen LogP contribution in [0.4, 0.5) is 0 Å². The third kappa shape index (κ3) is 6.31. The van der Waals surface area contributed by atoms with Crippen LogP contribution in [0, 0.1) is 6.92 Å². The number of thiazole rings is 1. The quantitative estimate of drug-likeness (QED) is 0.367. The lowest BCUT2D eigenvalue weighted by Crippen LogP contribution is -2.39. The number of methoxy groups -OCH3 is 2. The number of benzene rings is 1. The Hall–Kier alpha value is -1.55. The van der Waals surface area contributed by atoms with Crippen LogP contribution in [-0.4, -0.2) is 50.7 Å². The summed E-state index contributed by atoms with van der Waals surface area (Å²) in [7, 11) is 7.15. The largest absolute Gasteiger partial charge is 0.497 e. The lowest BCUT2D eigenvalue weighted by Gasteiger charge is -2.21. The highest BCUT2D eigenvalue weighted by atomic mass is 127. The molecule has 2 aromatic rings. The summed E-state index contributed by atoms with van der Waals surface area (Å²) in [5.74, 6) is 2.53. The van der Waals surface area contributed by atoms with Crippen molar-refractivity contribution in [2.45, 2.75) is 19.9 Å². The smallest absolute Gasteiger partial charge is 0.193 e. The van der Waals surface area contributed by atoms with Crippen molar-refractivity contribution >= 4 is 41.3 Å². The van der Waals surface area contributed by atoms with Crippen molar-refractivity contribution in [2.24, 2.45) is 4.99 Å². The average molecular weight is 490 g/mol. The van der Waals surface area contributed by atoms with Gasteiger partial charge in [-0.1, -0.05) is 0 Å². The molecule has 1 heterocycles. The number of rotatable bonds is 7. The minimum absolute atomic E-state index is 0. The van der Waals surface area contributed by atoms with E-state index in [-0.39, 0.29) is 24.0 Å². The summed E-state index contributed by atoms with van der Waals surface area (Å²) in [6.07, 6.45) is 0.809. The molecule has 0 saturated heterocycles. The van der Waals surface area contributed by atoms with Crippen molar-refractivity contribution < 1.29 is 9.47 Å². The predicted octanol–water partition coefficient (Wildman–Crippen LogP) is 3.34. The molecule has 2 rings (SSSR count). The maximum absolute atomic E-state index is 5.43. The Balaban J connectivity index is 0.00000338. The van der Waals surface area contributed by atoms with Crippen LogP contribution in [0.5, 0.6) is 11.5 Å². The average Bonchev–Trinajstić information content (AvgIpc) is 3.03. The maximum atomic E-state index is 5.43. The summed E-state index contributed by atoms with van der Waals surface area (Å²) in [6.45, 7) is 3.49. The van der Waals surface area contributed by atoms with Crippen LogP contribution in [0.3, 0.4) is 0 Å². The highest BCUT2D eigenvalue weighted by Crippen LogP contribution is 2.24. The van der Waals surface area contributed by atoms with E-state index in [9.17, 15) is 0 Å². The molecule has 0 aliphatic heterocycles. The number of halogens is 1. The first-order valence-electron chi connectivity index (χ1n) is 8.11. The lowest BCUT2D eigenvalue weighted by atomic mass is 10.1. The molecule has 0 radical (unpaired) electrons. The van der Waals surface area contributed by atoms with Gasteiger partial charge in [-0.3, -0.25) is 4.99 Å². The number of hydrogen-bond donors (Lipinski definition) is 1. The third-order valence-corrected chi connectivity index (χ3v) is 4.63. The van der Waals surface area contributed by atoms with Gasteiger partial charge in [0.2, 0.25) is 0 Å². The van der Waals surface area contributed by atoms with Gasteiger partial charge in [0.1, 0.15) is 11.5 Å². The van der Waals surface area contributed by atoms with Crippen molar-refractivity contribution in [1.29, 1.82) is 0 Å². The molecule has 0 saturated carbocycles. The van der Waals surface area contributed by atoms with Crippen molar-refractivity contribution in [3.05, 3.63) is 39.8 Å². The molecular formula is C18H27IN4O2S. The van der Waals surface area contributed by atoms with E-state index >= 15 is 0 Å². The van der Waals surface area contributed by atoms with E-state index in [2.05, 4.69) is 25.6 Å². The molecule has 0 atom stereocenters. The van der Waals surface area contributed by atoms with Crippen LogP contribution in [0.25, 0.3) is 0 Å². The SMILES string of the molecule is CN=C(NCCc1cc(OC)ccc1OC)N(C)Cc1csc(C)n1.I. The molecule has 1 N–H and O–H groups in total. The van der Waals surface area contributed by atoms with E-state index in [1.54, 1.807) is 32.6 Å². The second kappa shape index (κ2) is 11.2. The minimum atomic E-state index is 0. The zero-order valence-corrected chi connectivity index (χ0v) is 19.1. The van der Waals surface area contributed by atoms with E-state index in [0.29, 0.717) is 0 Å². The fourth-order valence-corrected chi connectivity index (χ4v) is 3.17. The van der Waals surface area contributed by atoms with Gasteiger partial charge in [0.25, 0.3) is 0 Å². The fourth-order valence-electron chi connectivity index (χ4n) is 2.57. The molecule has 0 aliphatic rings. The van der Waals surface area contributed by atoms with E-state index in [1.807, 2.05) is 32.2 Å². The number of nitrogens with zero attached hydrogens (tertiary/aromatic N) is 3. The number of aliphatic imine (C=N–C) groups is 1. The van der Waals surface area contributed by atoms with Crippen LogP contribution in [0.1, 0.15) is 16.3 Å². The summed E-state index contributed by atoms with van der Waals surface area (Å²) < 4.78 is 10.7. The van der Waals surface area contributed by atoms with Crippen LogP contribution in [0.15, 0.2) is 28.6 Å². The molecule has 8 heteroatoms. The van der Waals surface area contributed by atoms with Gasteiger partial charge in [-0.25, -0.2) is 4.98 Å². The number of ether oxygens (including phenoxy) is 2. The van der Waals surface area contributed by atoms with Crippen molar-refractivity contribution in [2.75, 3.05) is 34.9 Å². The van der Waals surface area contributed by atoms with Crippen LogP contribution < -0.4 is 14.8 Å². The second-order valence-electron chi connectivity index (χ2n) is 5.62. The summed E-state index contributed by atoms with van der Waals surface area (Å²) in [5.41, 5.74) is 2.16. The van der Waals surface area contributed by atoms with Gasteiger partial charge in [0.05, 0.1) is 31.5 Å². The molecule has 1 aromatic heterocycles. The molecule has 0 bridgehead atoms. The van der Waals surface area contributed by atoms with Gasteiger partial charge < -0.3 is 19.7 Å². The fraction of sp³-hybridized carbons (Fsp3) is 0.444. The highest BCUT2D eigenvalue weighted by molar-refractivity contribution is 14.0. The molecule has 144 valence electrons. The minimum Gasteiger partial charge on any atom is -0.497 e. The first-order valence-corrected chi connectivity index (χ1v) is 8.99. The Morgan fingerprint density at radius 3 is 2.65 bits per heavy atom. The molecule has 26 heavy (non-hydrogen) atoms. The number of guanidine groups is 1. The van der Waals surface area contributed by atoms with Gasteiger partial charge in [0.15, 0.2) is 5.96 Å². The standard InChI is InChI=1S/C18H26N4O2S.HI/c1-13-21-15(12-25-13)11-22(3)18(19-2)20-9-8-14-10-16(23-4)6-7-17(14)24-5;/h6-7,10,12H,8-9,11H2,1-5H3,(H,19,20);1H. The lowest BCUT2D eigenvalue weighted by molar-refractivity contribution is 0.398. The van der Waals surface area contributed by atoms with E-state index in [0.717, 1.165) is 53.2 Å². The summed E-state index contributed by atoms with van der Waals surface area (Å²) in [6, 6.07) is 5.84.